The molecule has 0 amide bonds. The van der Waals surface area contributed by atoms with Gasteiger partial charge >= 0.3 is 0 Å². The Balaban J connectivity index is 2.55. The first-order chi connectivity index (χ1) is 9.64. The number of nitrogens with one attached hydrogen (secondary N) is 1. The normalized spacial score (nSPS) is 12.5. The van der Waals surface area contributed by atoms with Gasteiger partial charge in [0.1, 0.15) is 0 Å². The van der Waals surface area contributed by atoms with Crippen molar-refractivity contribution in [3.63, 3.8) is 0 Å². The van der Waals surface area contributed by atoms with Crippen molar-refractivity contribution in [3.05, 3.63) is 23.8 Å². The molecular formula is C15H25NO4. The van der Waals surface area contributed by atoms with Crippen LogP contribution in [0.3, 0.4) is 0 Å². The van der Waals surface area contributed by atoms with Crippen LogP contribution in [0.4, 0.5) is 0 Å². The van der Waals surface area contributed by atoms with E-state index in [1.165, 1.54) is 5.56 Å². The Labute approximate surface area is 121 Å². The lowest BCUT2D eigenvalue weighted by Gasteiger charge is -2.19. The second-order valence-corrected chi connectivity index (χ2v) is 4.60. The van der Waals surface area contributed by atoms with Crippen LogP contribution in [0.15, 0.2) is 18.2 Å². The minimum Gasteiger partial charge on any atom is -0.493 e. The van der Waals surface area contributed by atoms with Crippen LogP contribution >= 0.6 is 0 Å². The maximum absolute atomic E-state index is 5.31. The van der Waals surface area contributed by atoms with E-state index in [0.717, 1.165) is 17.9 Å². The van der Waals surface area contributed by atoms with Crippen molar-refractivity contribution in [1.29, 1.82) is 0 Å². The smallest absolute Gasteiger partial charge is 0.169 e. The SMILES string of the molecule is COc1ccc(CC(C)NCC(OC)OC)cc1OC. The Morgan fingerprint density at radius 2 is 1.65 bits per heavy atom. The van der Waals surface area contributed by atoms with Gasteiger partial charge in [-0.05, 0) is 31.0 Å². The topological polar surface area (TPSA) is 49.0 Å². The van der Waals surface area contributed by atoms with Gasteiger partial charge in [-0.3, -0.25) is 0 Å². The summed E-state index contributed by atoms with van der Waals surface area (Å²) in [4.78, 5) is 0. The molecular weight excluding hydrogens is 258 g/mol. The van der Waals surface area contributed by atoms with Gasteiger partial charge in [0, 0.05) is 26.8 Å². The first-order valence-electron chi connectivity index (χ1n) is 6.64. The molecule has 1 rings (SSSR count). The van der Waals surface area contributed by atoms with Crippen molar-refractivity contribution < 1.29 is 18.9 Å². The molecule has 5 nitrogen and oxygen atoms in total. The second-order valence-electron chi connectivity index (χ2n) is 4.60. The van der Waals surface area contributed by atoms with E-state index in [0.29, 0.717) is 12.6 Å². The van der Waals surface area contributed by atoms with E-state index < -0.39 is 0 Å². The van der Waals surface area contributed by atoms with Gasteiger partial charge in [0.05, 0.1) is 14.2 Å². The molecule has 114 valence electrons. The molecule has 0 aliphatic carbocycles. The Morgan fingerprint density at radius 3 is 2.20 bits per heavy atom. The highest BCUT2D eigenvalue weighted by molar-refractivity contribution is 5.43. The second kappa shape index (κ2) is 8.79. The molecule has 0 spiro atoms. The quantitative estimate of drug-likeness (QED) is 0.701. The third-order valence-electron chi connectivity index (χ3n) is 3.15. The first-order valence-corrected chi connectivity index (χ1v) is 6.64. The zero-order valence-electron chi connectivity index (χ0n) is 12.9. The van der Waals surface area contributed by atoms with Crippen molar-refractivity contribution in [1.82, 2.24) is 5.32 Å². The fourth-order valence-corrected chi connectivity index (χ4v) is 1.99. The molecule has 20 heavy (non-hydrogen) atoms. The van der Waals surface area contributed by atoms with E-state index in [1.54, 1.807) is 28.4 Å². The molecule has 0 saturated heterocycles. The van der Waals surface area contributed by atoms with Gasteiger partial charge in [-0.1, -0.05) is 6.07 Å². The summed E-state index contributed by atoms with van der Waals surface area (Å²) in [5.74, 6) is 1.50. The molecule has 0 fully saturated rings. The molecule has 0 aliphatic rings. The maximum atomic E-state index is 5.31. The number of benzene rings is 1. The predicted molar refractivity (Wildman–Crippen MR) is 78.5 cm³/mol. The van der Waals surface area contributed by atoms with Crippen molar-refractivity contribution in [3.8, 4) is 11.5 Å². The highest BCUT2D eigenvalue weighted by Crippen LogP contribution is 2.27. The Kier molecular flexibility index (Phi) is 7.36. The number of ether oxygens (including phenoxy) is 4. The number of hydrogen-bond acceptors (Lipinski definition) is 5. The molecule has 0 radical (unpaired) electrons. The van der Waals surface area contributed by atoms with Crippen LogP contribution in [-0.4, -0.2) is 47.3 Å². The van der Waals surface area contributed by atoms with Crippen LogP contribution < -0.4 is 14.8 Å². The maximum Gasteiger partial charge on any atom is 0.169 e. The van der Waals surface area contributed by atoms with Crippen LogP contribution in [-0.2, 0) is 15.9 Å². The summed E-state index contributed by atoms with van der Waals surface area (Å²) in [6.45, 7) is 2.78. The van der Waals surface area contributed by atoms with Crippen LogP contribution in [0.2, 0.25) is 0 Å². The highest BCUT2D eigenvalue weighted by atomic mass is 16.7. The van der Waals surface area contributed by atoms with Gasteiger partial charge in [0.15, 0.2) is 17.8 Å². The van der Waals surface area contributed by atoms with Crippen molar-refractivity contribution in [2.75, 3.05) is 35.0 Å². The van der Waals surface area contributed by atoms with Gasteiger partial charge in [-0.2, -0.15) is 0 Å². The monoisotopic (exact) mass is 283 g/mol. The van der Waals surface area contributed by atoms with E-state index in [2.05, 4.69) is 12.2 Å². The van der Waals surface area contributed by atoms with Gasteiger partial charge < -0.3 is 24.3 Å². The molecule has 0 heterocycles. The lowest BCUT2D eigenvalue weighted by atomic mass is 10.1. The summed E-state index contributed by atoms with van der Waals surface area (Å²) < 4.78 is 20.8. The number of methoxy groups -OCH3 is 4. The summed E-state index contributed by atoms with van der Waals surface area (Å²) in [7, 11) is 6.55. The van der Waals surface area contributed by atoms with E-state index in [1.807, 2.05) is 18.2 Å². The van der Waals surface area contributed by atoms with Gasteiger partial charge in [-0.15, -0.1) is 0 Å². The zero-order chi connectivity index (χ0) is 15.0. The minimum absolute atomic E-state index is 0.220. The molecule has 1 N–H and O–H groups in total. The lowest BCUT2D eigenvalue weighted by molar-refractivity contribution is -0.0996. The summed E-state index contributed by atoms with van der Waals surface area (Å²) in [6.07, 6.45) is 0.670. The molecule has 1 aromatic carbocycles. The number of hydrogen-bond donors (Lipinski definition) is 1. The summed E-state index contributed by atoms with van der Waals surface area (Å²) in [5, 5.41) is 3.38. The zero-order valence-corrected chi connectivity index (χ0v) is 12.9. The van der Waals surface area contributed by atoms with Crippen molar-refractivity contribution >= 4 is 0 Å². The fraction of sp³-hybridized carbons (Fsp3) is 0.600. The average Bonchev–Trinajstić information content (AvgIpc) is 2.48. The molecule has 0 saturated carbocycles. The lowest BCUT2D eigenvalue weighted by Crippen LogP contribution is -2.36. The van der Waals surface area contributed by atoms with Crippen LogP contribution in [0.5, 0.6) is 11.5 Å². The minimum atomic E-state index is -0.220. The van der Waals surface area contributed by atoms with Crippen LogP contribution in [0.1, 0.15) is 12.5 Å². The van der Waals surface area contributed by atoms with Gasteiger partial charge in [0.25, 0.3) is 0 Å². The molecule has 1 aromatic rings. The van der Waals surface area contributed by atoms with E-state index in [4.69, 9.17) is 18.9 Å². The third kappa shape index (κ3) is 5.00. The van der Waals surface area contributed by atoms with E-state index in [-0.39, 0.29) is 6.29 Å². The van der Waals surface area contributed by atoms with E-state index >= 15 is 0 Å². The van der Waals surface area contributed by atoms with Crippen LogP contribution in [0, 0.1) is 0 Å². The third-order valence-corrected chi connectivity index (χ3v) is 3.15. The Bertz CT molecular complexity index is 393. The molecule has 0 bridgehead atoms. The van der Waals surface area contributed by atoms with Crippen LogP contribution in [0.25, 0.3) is 0 Å². The fourth-order valence-electron chi connectivity index (χ4n) is 1.99. The standard InChI is InChI=1S/C15H25NO4/c1-11(16-10-15(19-4)20-5)8-12-6-7-13(17-2)14(9-12)18-3/h6-7,9,11,15-16H,8,10H2,1-5H3. The average molecular weight is 283 g/mol. The molecule has 1 unspecified atom stereocenters. The summed E-state index contributed by atoms with van der Waals surface area (Å²) >= 11 is 0. The molecule has 0 aromatic heterocycles. The highest BCUT2D eigenvalue weighted by Gasteiger charge is 2.10. The molecule has 1 atom stereocenters. The first kappa shape index (κ1) is 16.8. The van der Waals surface area contributed by atoms with E-state index in [9.17, 15) is 0 Å². The summed E-state index contributed by atoms with van der Waals surface area (Å²) in [6, 6.07) is 6.28. The van der Waals surface area contributed by atoms with Crippen molar-refractivity contribution in [2.45, 2.75) is 25.7 Å². The Morgan fingerprint density at radius 1 is 1.00 bits per heavy atom. The van der Waals surface area contributed by atoms with Gasteiger partial charge in [-0.25, -0.2) is 0 Å². The largest absolute Gasteiger partial charge is 0.493 e. The molecule has 5 heteroatoms. The predicted octanol–water partition coefficient (Wildman–Crippen LogP) is 1.84. The Hall–Kier alpha value is -1.30. The number of rotatable bonds is 9. The van der Waals surface area contributed by atoms with Crippen molar-refractivity contribution in [2.24, 2.45) is 0 Å². The van der Waals surface area contributed by atoms with Gasteiger partial charge in [0.2, 0.25) is 0 Å². The molecule has 0 aliphatic heterocycles. The summed E-state index contributed by atoms with van der Waals surface area (Å²) in [5.41, 5.74) is 1.19.